The Labute approximate surface area is 144 Å². The van der Waals surface area contributed by atoms with E-state index >= 15 is 0 Å². The first kappa shape index (κ1) is 15.9. The van der Waals surface area contributed by atoms with Gasteiger partial charge in [-0.15, -0.1) is 0 Å². The Morgan fingerprint density at radius 1 is 1.17 bits per heavy atom. The number of aryl methyl sites for hydroxylation is 1. The molecule has 2 bridgehead atoms. The smallest absolute Gasteiger partial charge is 0.0956 e. The number of aromatic nitrogens is 2. The van der Waals surface area contributed by atoms with Gasteiger partial charge in [-0.3, -0.25) is 9.58 Å². The van der Waals surface area contributed by atoms with Gasteiger partial charge < -0.3 is 5.11 Å². The zero-order valence-corrected chi connectivity index (χ0v) is 14.4. The van der Waals surface area contributed by atoms with Crippen molar-refractivity contribution in [3.05, 3.63) is 53.9 Å². The minimum absolute atomic E-state index is 0.465. The second-order valence-corrected chi connectivity index (χ2v) is 7.42. The molecule has 2 aromatic rings. The van der Waals surface area contributed by atoms with E-state index in [-0.39, 0.29) is 0 Å². The first-order chi connectivity index (χ1) is 11.7. The Balaban J connectivity index is 1.56. The highest BCUT2D eigenvalue weighted by atomic mass is 16.3. The zero-order valence-electron chi connectivity index (χ0n) is 14.4. The van der Waals surface area contributed by atoms with Crippen molar-refractivity contribution >= 4 is 0 Å². The summed E-state index contributed by atoms with van der Waals surface area (Å²) in [6.07, 6.45) is 9.21. The quantitative estimate of drug-likeness (QED) is 0.938. The van der Waals surface area contributed by atoms with E-state index in [1.54, 1.807) is 0 Å². The number of piperidine rings is 2. The molecule has 1 aromatic carbocycles. The Kier molecular flexibility index (Phi) is 4.19. The van der Waals surface area contributed by atoms with Crippen molar-refractivity contribution in [1.29, 1.82) is 0 Å². The summed E-state index contributed by atoms with van der Waals surface area (Å²) >= 11 is 0. The Morgan fingerprint density at radius 2 is 1.88 bits per heavy atom. The van der Waals surface area contributed by atoms with Crippen LogP contribution < -0.4 is 0 Å². The number of benzene rings is 1. The van der Waals surface area contributed by atoms with Gasteiger partial charge in [0.1, 0.15) is 0 Å². The van der Waals surface area contributed by atoms with E-state index in [0.29, 0.717) is 12.1 Å². The molecule has 4 rings (SSSR count). The molecular weight excluding hydrogens is 298 g/mol. The second-order valence-electron chi connectivity index (χ2n) is 7.42. The monoisotopic (exact) mass is 325 g/mol. The van der Waals surface area contributed by atoms with Gasteiger partial charge in [0.15, 0.2) is 0 Å². The van der Waals surface area contributed by atoms with Gasteiger partial charge >= 0.3 is 0 Å². The molecule has 4 nitrogen and oxygen atoms in total. The highest BCUT2D eigenvalue weighted by Crippen LogP contribution is 2.44. The summed E-state index contributed by atoms with van der Waals surface area (Å²) in [6, 6.07) is 11.7. The normalized spacial score (nSPS) is 30.4. The molecule has 1 N–H and O–H groups in total. The lowest BCUT2D eigenvalue weighted by molar-refractivity contribution is -0.0999. The van der Waals surface area contributed by atoms with Crippen LogP contribution in [0.2, 0.25) is 0 Å². The molecule has 2 saturated heterocycles. The maximum absolute atomic E-state index is 11.4. The van der Waals surface area contributed by atoms with Gasteiger partial charge in [-0.1, -0.05) is 36.8 Å². The molecule has 0 spiro atoms. The molecule has 2 aliphatic heterocycles. The molecule has 0 aliphatic carbocycles. The van der Waals surface area contributed by atoms with Gasteiger partial charge in [0.05, 0.1) is 11.8 Å². The van der Waals surface area contributed by atoms with Crippen molar-refractivity contribution in [2.75, 3.05) is 0 Å². The molecule has 3 heterocycles. The molecule has 128 valence electrons. The van der Waals surface area contributed by atoms with E-state index < -0.39 is 5.60 Å². The van der Waals surface area contributed by atoms with Crippen LogP contribution in [0.5, 0.6) is 0 Å². The lowest BCUT2D eigenvalue weighted by Gasteiger charge is -2.52. The molecule has 2 fully saturated rings. The Bertz CT molecular complexity index is 667. The third-order valence-electron chi connectivity index (χ3n) is 5.86. The maximum Gasteiger partial charge on any atom is 0.0956 e. The van der Waals surface area contributed by atoms with Crippen molar-refractivity contribution < 1.29 is 5.11 Å². The number of hydrogen-bond acceptors (Lipinski definition) is 3. The van der Waals surface area contributed by atoms with E-state index in [1.807, 2.05) is 17.1 Å². The molecule has 2 aliphatic rings. The van der Waals surface area contributed by atoms with E-state index in [1.165, 1.54) is 24.8 Å². The van der Waals surface area contributed by atoms with Gasteiger partial charge in [0, 0.05) is 36.9 Å². The standard InChI is InChI=1S/C20H27N3O/c1-2-22-15-17(13-21-22)20(24)11-18-9-6-10-19(12-20)23(18)14-16-7-4-3-5-8-16/h3-5,7-8,13,15,18-19,24H,2,6,9-12,14H2,1H3. The second kappa shape index (κ2) is 6.34. The van der Waals surface area contributed by atoms with E-state index in [2.05, 4.69) is 47.3 Å². The van der Waals surface area contributed by atoms with Crippen LogP contribution in [0.25, 0.3) is 0 Å². The highest BCUT2D eigenvalue weighted by molar-refractivity contribution is 5.20. The zero-order chi connectivity index (χ0) is 16.6. The lowest BCUT2D eigenvalue weighted by atomic mass is 9.73. The molecule has 2 atom stereocenters. The van der Waals surface area contributed by atoms with Crippen LogP contribution in [0, 0.1) is 0 Å². The average molecular weight is 325 g/mol. The first-order valence-corrected chi connectivity index (χ1v) is 9.23. The van der Waals surface area contributed by atoms with Crippen molar-refractivity contribution in [2.24, 2.45) is 0 Å². The number of hydrogen-bond donors (Lipinski definition) is 1. The van der Waals surface area contributed by atoms with Crippen molar-refractivity contribution in [3.8, 4) is 0 Å². The molecule has 0 saturated carbocycles. The number of nitrogens with zero attached hydrogens (tertiary/aromatic N) is 3. The van der Waals surface area contributed by atoms with Crippen LogP contribution >= 0.6 is 0 Å². The van der Waals surface area contributed by atoms with Crippen LogP contribution in [0.3, 0.4) is 0 Å². The van der Waals surface area contributed by atoms with Crippen LogP contribution in [0.15, 0.2) is 42.7 Å². The van der Waals surface area contributed by atoms with Crippen LogP contribution in [-0.4, -0.2) is 31.9 Å². The van der Waals surface area contributed by atoms with Gasteiger partial charge in [-0.05, 0) is 38.2 Å². The molecule has 0 radical (unpaired) electrons. The van der Waals surface area contributed by atoms with Gasteiger partial charge in [0.25, 0.3) is 0 Å². The Morgan fingerprint density at radius 3 is 2.50 bits per heavy atom. The van der Waals surface area contributed by atoms with Crippen molar-refractivity contribution in [1.82, 2.24) is 14.7 Å². The summed E-state index contributed by atoms with van der Waals surface area (Å²) in [6.45, 7) is 3.93. The Hall–Kier alpha value is -1.65. The summed E-state index contributed by atoms with van der Waals surface area (Å²) < 4.78 is 1.92. The van der Waals surface area contributed by atoms with E-state index in [9.17, 15) is 5.11 Å². The number of aliphatic hydroxyl groups is 1. The highest BCUT2D eigenvalue weighted by Gasteiger charge is 2.46. The maximum atomic E-state index is 11.4. The number of fused-ring (bicyclic) bond motifs is 2. The third-order valence-corrected chi connectivity index (χ3v) is 5.86. The SMILES string of the molecule is CCn1cc(C2(O)CC3CCCC(C2)N3Cc2ccccc2)cn1. The summed E-state index contributed by atoms with van der Waals surface area (Å²) in [5, 5.41) is 15.7. The van der Waals surface area contributed by atoms with Crippen LogP contribution in [0.1, 0.15) is 50.2 Å². The van der Waals surface area contributed by atoms with E-state index in [4.69, 9.17) is 0 Å². The summed E-state index contributed by atoms with van der Waals surface area (Å²) in [5.41, 5.74) is 1.66. The molecule has 1 aromatic heterocycles. The van der Waals surface area contributed by atoms with Crippen LogP contribution in [-0.2, 0) is 18.7 Å². The molecule has 2 unspecified atom stereocenters. The van der Waals surface area contributed by atoms with Crippen LogP contribution in [0.4, 0.5) is 0 Å². The average Bonchev–Trinajstić information content (AvgIpc) is 3.07. The fourth-order valence-corrected chi connectivity index (χ4v) is 4.59. The minimum atomic E-state index is -0.712. The predicted octanol–water partition coefficient (Wildman–Crippen LogP) is 3.31. The van der Waals surface area contributed by atoms with Gasteiger partial charge in [0.2, 0.25) is 0 Å². The molecule has 4 heteroatoms. The van der Waals surface area contributed by atoms with Crippen molar-refractivity contribution in [3.63, 3.8) is 0 Å². The summed E-state index contributed by atoms with van der Waals surface area (Å²) in [7, 11) is 0. The lowest BCUT2D eigenvalue weighted by Crippen LogP contribution is -2.56. The first-order valence-electron chi connectivity index (χ1n) is 9.23. The summed E-state index contributed by atoms with van der Waals surface area (Å²) in [5.74, 6) is 0. The molecular formula is C20H27N3O. The fourth-order valence-electron chi connectivity index (χ4n) is 4.59. The minimum Gasteiger partial charge on any atom is -0.385 e. The molecule has 24 heavy (non-hydrogen) atoms. The van der Waals surface area contributed by atoms with Gasteiger partial charge in [-0.2, -0.15) is 5.10 Å². The van der Waals surface area contributed by atoms with E-state index in [0.717, 1.165) is 31.5 Å². The van der Waals surface area contributed by atoms with Gasteiger partial charge in [-0.25, -0.2) is 0 Å². The predicted molar refractivity (Wildman–Crippen MR) is 94.4 cm³/mol. The van der Waals surface area contributed by atoms with Crippen molar-refractivity contribution in [2.45, 2.75) is 69.8 Å². The molecule has 0 amide bonds. The largest absolute Gasteiger partial charge is 0.385 e. The topological polar surface area (TPSA) is 41.3 Å². The third kappa shape index (κ3) is 2.89. The fraction of sp³-hybridized carbons (Fsp3) is 0.550. The number of rotatable bonds is 4. The summed E-state index contributed by atoms with van der Waals surface area (Å²) in [4.78, 5) is 2.64.